The van der Waals surface area contributed by atoms with Crippen LogP contribution in [0.2, 0.25) is 0 Å². The Hall–Kier alpha value is -1.94. The summed E-state index contributed by atoms with van der Waals surface area (Å²) in [5, 5.41) is 19.5. The van der Waals surface area contributed by atoms with Crippen LogP contribution in [0.4, 0.5) is 0 Å². The molecule has 0 fully saturated rings. The predicted molar refractivity (Wildman–Crippen MR) is 59.2 cm³/mol. The summed E-state index contributed by atoms with van der Waals surface area (Å²) in [6, 6.07) is 8.77. The van der Waals surface area contributed by atoms with E-state index in [9.17, 15) is 15.0 Å². The summed E-state index contributed by atoms with van der Waals surface area (Å²) in [4.78, 5) is 15.1. The highest BCUT2D eigenvalue weighted by molar-refractivity contribution is 6.04. The van der Waals surface area contributed by atoms with E-state index in [4.69, 9.17) is 0 Å². The number of rotatable bonds is 2. The second-order valence-corrected chi connectivity index (χ2v) is 3.49. The lowest BCUT2D eigenvalue weighted by Crippen LogP contribution is -2.14. The normalized spacial score (nSPS) is 17.7. The van der Waals surface area contributed by atoms with Crippen molar-refractivity contribution in [3.63, 3.8) is 0 Å². The first-order chi connectivity index (χ1) is 7.70. The smallest absolute Gasteiger partial charge is 0.204 e. The number of benzene rings is 1. The van der Waals surface area contributed by atoms with Crippen molar-refractivity contribution in [1.82, 2.24) is 0 Å². The van der Waals surface area contributed by atoms with Gasteiger partial charge in [-0.2, -0.15) is 0 Å². The summed E-state index contributed by atoms with van der Waals surface area (Å²) in [6.45, 7) is 0. The Morgan fingerprint density at radius 1 is 1.25 bits per heavy atom. The Balaban J connectivity index is 2.36. The predicted octanol–water partition coefficient (Wildman–Crippen LogP) is 1.53. The Morgan fingerprint density at radius 2 is 1.94 bits per heavy atom. The molecule has 4 nitrogen and oxygen atoms in total. The SMILES string of the molecule is O=C1CC=NC(C(O)c2ccccc2)=C1O. The van der Waals surface area contributed by atoms with E-state index in [0.717, 1.165) is 0 Å². The van der Waals surface area contributed by atoms with Crippen LogP contribution in [0.25, 0.3) is 0 Å². The Labute approximate surface area is 92.6 Å². The minimum Gasteiger partial charge on any atom is -0.503 e. The molecule has 2 rings (SSSR count). The summed E-state index contributed by atoms with van der Waals surface area (Å²) in [5.74, 6) is -0.862. The molecule has 0 spiro atoms. The number of Topliss-reactive ketones (excluding diaryl/α,β-unsaturated/α-hetero) is 1. The molecule has 0 aliphatic carbocycles. The average Bonchev–Trinajstić information content (AvgIpc) is 2.33. The summed E-state index contributed by atoms with van der Waals surface area (Å²) >= 11 is 0. The van der Waals surface area contributed by atoms with E-state index < -0.39 is 17.6 Å². The molecule has 0 radical (unpaired) electrons. The van der Waals surface area contributed by atoms with Gasteiger partial charge in [0.15, 0.2) is 5.76 Å². The van der Waals surface area contributed by atoms with Crippen LogP contribution in [0, 0.1) is 0 Å². The zero-order valence-corrected chi connectivity index (χ0v) is 8.50. The second kappa shape index (κ2) is 4.28. The van der Waals surface area contributed by atoms with Gasteiger partial charge in [0.25, 0.3) is 0 Å². The first-order valence-electron chi connectivity index (χ1n) is 4.92. The van der Waals surface area contributed by atoms with Gasteiger partial charge in [0, 0.05) is 12.6 Å². The summed E-state index contributed by atoms with van der Waals surface area (Å²) in [6.07, 6.45) is 0.405. The standard InChI is InChI=1S/C12H11NO3/c14-9-6-7-13-10(12(9)16)11(15)8-4-2-1-3-5-8/h1-5,7,11,15-16H,6H2. The number of nitrogens with zero attached hydrogens (tertiary/aromatic N) is 1. The van der Waals surface area contributed by atoms with Crippen molar-refractivity contribution in [3.05, 3.63) is 47.4 Å². The van der Waals surface area contributed by atoms with Gasteiger partial charge in [-0.1, -0.05) is 30.3 Å². The van der Waals surface area contributed by atoms with E-state index in [1.165, 1.54) is 6.21 Å². The summed E-state index contributed by atoms with van der Waals surface area (Å²) < 4.78 is 0. The fourth-order valence-corrected chi connectivity index (χ4v) is 1.52. The van der Waals surface area contributed by atoms with Crippen LogP contribution in [0.3, 0.4) is 0 Å². The zero-order valence-electron chi connectivity index (χ0n) is 8.50. The molecule has 0 saturated heterocycles. The summed E-state index contributed by atoms with van der Waals surface area (Å²) in [5.41, 5.74) is 0.610. The monoisotopic (exact) mass is 217 g/mol. The van der Waals surface area contributed by atoms with Crippen LogP contribution in [0.5, 0.6) is 0 Å². The largest absolute Gasteiger partial charge is 0.503 e. The van der Waals surface area contributed by atoms with E-state index in [-0.39, 0.29) is 12.1 Å². The first-order valence-corrected chi connectivity index (χ1v) is 4.92. The van der Waals surface area contributed by atoms with Crippen LogP contribution in [-0.4, -0.2) is 22.2 Å². The van der Waals surface area contributed by atoms with E-state index in [0.29, 0.717) is 5.56 Å². The molecule has 1 atom stereocenters. The lowest BCUT2D eigenvalue weighted by molar-refractivity contribution is -0.117. The molecule has 1 aliphatic heterocycles. The third-order valence-electron chi connectivity index (χ3n) is 2.39. The number of aliphatic hydroxyl groups is 2. The molecule has 4 heteroatoms. The first kappa shape index (κ1) is 10.6. The molecule has 2 N–H and O–H groups in total. The highest BCUT2D eigenvalue weighted by Crippen LogP contribution is 2.26. The van der Waals surface area contributed by atoms with Crippen LogP contribution in [0.1, 0.15) is 18.1 Å². The number of ketones is 1. The molecule has 0 bridgehead atoms. The molecular weight excluding hydrogens is 206 g/mol. The van der Waals surface area contributed by atoms with Gasteiger partial charge in [-0.25, -0.2) is 0 Å². The van der Waals surface area contributed by atoms with Crippen molar-refractivity contribution in [2.24, 2.45) is 4.99 Å². The van der Waals surface area contributed by atoms with E-state index in [1.807, 2.05) is 6.07 Å². The number of carbonyl (C=O) groups excluding carboxylic acids is 1. The lowest BCUT2D eigenvalue weighted by Gasteiger charge is -2.15. The van der Waals surface area contributed by atoms with Crippen molar-refractivity contribution in [2.45, 2.75) is 12.5 Å². The van der Waals surface area contributed by atoms with Crippen LogP contribution < -0.4 is 0 Å². The topological polar surface area (TPSA) is 69.9 Å². The maximum atomic E-state index is 11.2. The van der Waals surface area contributed by atoms with Gasteiger partial charge >= 0.3 is 0 Å². The molecule has 1 unspecified atom stereocenters. The number of hydrogen-bond donors (Lipinski definition) is 2. The van der Waals surface area contributed by atoms with Crippen LogP contribution >= 0.6 is 0 Å². The van der Waals surface area contributed by atoms with Gasteiger partial charge in [0.1, 0.15) is 11.8 Å². The maximum absolute atomic E-state index is 11.2. The Kier molecular flexibility index (Phi) is 2.83. The quantitative estimate of drug-likeness (QED) is 0.789. The molecule has 0 saturated carbocycles. The van der Waals surface area contributed by atoms with Crippen molar-refractivity contribution in [1.29, 1.82) is 0 Å². The molecule has 16 heavy (non-hydrogen) atoms. The maximum Gasteiger partial charge on any atom is 0.204 e. The van der Waals surface area contributed by atoms with Crippen LogP contribution in [-0.2, 0) is 4.79 Å². The number of aliphatic hydroxyl groups excluding tert-OH is 2. The zero-order chi connectivity index (χ0) is 11.5. The lowest BCUT2D eigenvalue weighted by atomic mass is 10.0. The average molecular weight is 217 g/mol. The highest BCUT2D eigenvalue weighted by atomic mass is 16.3. The third kappa shape index (κ3) is 1.87. The fourth-order valence-electron chi connectivity index (χ4n) is 1.52. The Bertz CT molecular complexity index is 462. The third-order valence-corrected chi connectivity index (χ3v) is 2.39. The van der Waals surface area contributed by atoms with E-state index >= 15 is 0 Å². The van der Waals surface area contributed by atoms with Crippen molar-refractivity contribution in [2.75, 3.05) is 0 Å². The van der Waals surface area contributed by atoms with Gasteiger partial charge in [-0.15, -0.1) is 0 Å². The number of carbonyl (C=O) groups is 1. The fraction of sp³-hybridized carbons (Fsp3) is 0.167. The number of aliphatic imine (C=N–C) groups is 1. The van der Waals surface area contributed by atoms with Gasteiger partial charge in [-0.05, 0) is 5.56 Å². The minimum atomic E-state index is -1.07. The number of allylic oxidation sites excluding steroid dienone is 1. The molecule has 82 valence electrons. The van der Waals surface area contributed by atoms with Gasteiger partial charge in [0.2, 0.25) is 5.78 Å². The molecule has 1 aromatic rings. The van der Waals surface area contributed by atoms with Crippen molar-refractivity contribution < 1.29 is 15.0 Å². The molecule has 1 aromatic carbocycles. The Morgan fingerprint density at radius 3 is 2.62 bits per heavy atom. The van der Waals surface area contributed by atoms with Crippen LogP contribution in [0.15, 0.2) is 46.8 Å². The molecule has 1 heterocycles. The second-order valence-electron chi connectivity index (χ2n) is 3.49. The van der Waals surface area contributed by atoms with E-state index in [1.54, 1.807) is 24.3 Å². The number of hydrogen-bond acceptors (Lipinski definition) is 4. The highest BCUT2D eigenvalue weighted by Gasteiger charge is 2.23. The molecule has 0 aromatic heterocycles. The summed E-state index contributed by atoms with van der Waals surface area (Å²) in [7, 11) is 0. The van der Waals surface area contributed by atoms with E-state index in [2.05, 4.69) is 4.99 Å². The molecule has 0 amide bonds. The van der Waals surface area contributed by atoms with Crippen molar-refractivity contribution >= 4 is 12.0 Å². The molecular formula is C12H11NO3. The molecule has 1 aliphatic rings. The van der Waals surface area contributed by atoms with Gasteiger partial charge < -0.3 is 10.2 Å². The minimum absolute atomic E-state index is 0.0162. The van der Waals surface area contributed by atoms with Crippen molar-refractivity contribution in [3.8, 4) is 0 Å². The van der Waals surface area contributed by atoms with Gasteiger partial charge in [-0.3, -0.25) is 9.79 Å². The van der Waals surface area contributed by atoms with Gasteiger partial charge in [0.05, 0.1) is 0 Å².